The number of hydrogen-bond acceptors (Lipinski definition) is 4. The van der Waals surface area contributed by atoms with Crippen LogP contribution < -0.4 is 0 Å². The van der Waals surface area contributed by atoms with Crippen molar-refractivity contribution in [1.29, 1.82) is 0 Å². The van der Waals surface area contributed by atoms with E-state index in [1.165, 1.54) is 5.56 Å². The monoisotopic (exact) mass is 305 g/mol. The Morgan fingerprint density at radius 2 is 2.10 bits per heavy atom. The van der Waals surface area contributed by atoms with E-state index < -0.39 is 9.84 Å². The topological polar surface area (TPSA) is 55.2 Å². The normalized spacial score (nSPS) is 21.0. The summed E-state index contributed by atoms with van der Waals surface area (Å²) in [6.45, 7) is 0.763. The van der Waals surface area contributed by atoms with E-state index in [4.69, 9.17) is 0 Å². The third kappa shape index (κ3) is 3.33. The second-order valence-electron chi connectivity index (χ2n) is 5.59. The summed E-state index contributed by atoms with van der Waals surface area (Å²) in [5, 5.41) is 4.20. The maximum absolute atomic E-state index is 11.5. The average Bonchev–Trinajstić information content (AvgIpc) is 3.09. The van der Waals surface area contributed by atoms with Gasteiger partial charge in [0.1, 0.15) is 0 Å². The van der Waals surface area contributed by atoms with Gasteiger partial charge in [0.25, 0.3) is 0 Å². The van der Waals surface area contributed by atoms with Crippen molar-refractivity contribution < 1.29 is 8.42 Å². The van der Waals surface area contributed by atoms with E-state index in [1.54, 1.807) is 6.20 Å². The molecule has 0 amide bonds. The molecule has 1 fully saturated rings. The molecular formula is C15H19N3O2S. The number of sulfone groups is 1. The lowest BCUT2D eigenvalue weighted by Crippen LogP contribution is -2.32. The molecule has 112 valence electrons. The van der Waals surface area contributed by atoms with Crippen LogP contribution in [0.5, 0.6) is 0 Å². The van der Waals surface area contributed by atoms with E-state index in [9.17, 15) is 8.42 Å². The Morgan fingerprint density at radius 3 is 2.67 bits per heavy atom. The molecule has 0 N–H and O–H groups in total. The maximum Gasteiger partial charge on any atom is 0.151 e. The van der Waals surface area contributed by atoms with E-state index in [0.29, 0.717) is 5.75 Å². The number of benzene rings is 1. The molecule has 21 heavy (non-hydrogen) atoms. The first-order valence-corrected chi connectivity index (χ1v) is 8.85. The summed E-state index contributed by atoms with van der Waals surface area (Å²) in [4.78, 5) is 2.13. The van der Waals surface area contributed by atoms with Gasteiger partial charge in [0.05, 0.1) is 17.2 Å². The summed E-state index contributed by atoms with van der Waals surface area (Å²) in [7, 11) is -0.829. The molecule has 0 bridgehead atoms. The highest BCUT2D eigenvalue weighted by molar-refractivity contribution is 7.91. The minimum Gasteiger partial charge on any atom is -0.298 e. The van der Waals surface area contributed by atoms with E-state index >= 15 is 0 Å². The lowest BCUT2D eigenvalue weighted by molar-refractivity contribution is 0.254. The molecule has 0 unspecified atom stereocenters. The zero-order valence-electron chi connectivity index (χ0n) is 12.0. The number of nitrogens with zero attached hydrogens (tertiary/aromatic N) is 3. The zero-order chi connectivity index (χ0) is 14.9. The molecule has 6 heteroatoms. The largest absolute Gasteiger partial charge is 0.298 e. The fourth-order valence-electron chi connectivity index (χ4n) is 2.72. The van der Waals surface area contributed by atoms with Gasteiger partial charge in [0.2, 0.25) is 0 Å². The smallest absolute Gasteiger partial charge is 0.151 e. The van der Waals surface area contributed by atoms with Crippen LogP contribution in [0, 0.1) is 0 Å². The zero-order valence-corrected chi connectivity index (χ0v) is 12.8. The highest BCUT2D eigenvalue weighted by atomic mass is 32.2. The van der Waals surface area contributed by atoms with Gasteiger partial charge in [-0.3, -0.25) is 4.90 Å². The second-order valence-corrected chi connectivity index (χ2v) is 7.82. The van der Waals surface area contributed by atoms with Crippen LogP contribution in [0.2, 0.25) is 0 Å². The SMILES string of the molecule is CN(Cc1ccc(-n2cccn2)cc1)[C@@H]1CCS(=O)(=O)C1. The first-order valence-electron chi connectivity index (χ1n) is 7.03. The quantitative estimate of drug-likeness (QED) is 0.859. The molecular weight excluding hydrogens is 286 g/mol. The van der Waals surface area contributed by atoms with Crippen molar-refractivity contribution >= 4 is 9.84 Å². The van der Waals surface area contributed by atoms with Crippen LogP contribution in [0.4, 0.5) is 0 Å². The minimum atomic E-state index is -2.82. The van der Waals surface area contributed by atoms with Crippen LogP contribution in [-0.4, -0.2) is 47.7 Å². The summed E-state index contributed by atoms with van der Waals surface area (Å²) >= 11 is 0. The van der Waals surface area contributed by atoms with E-state index in [2.05, 4.69) is 22.1 Å². The van der Waals surface area contributed by atoms with Gasteiger partial charge in [-0.1, -0.05) is 12.1 Å². The van der Waals surface area contributed by atoms with Crippen LogP contribution in [0.3, 0.4) is 0 Å². The fourth-order valence-corrected chi connectivity index (χ4v) is 4.52. The number of aromatic nitrogens is 2. The molecule has 1 saturated heterocycles. The molecule has 1 aromatic heterocycles. The van der Waals surface area contributed by atoms with Gasteiger partial charge in [-0.05, 0) is 37.2 Å². The first-order chi connectivity index (χ1) is 10.0. The van der Waals surface area contributed by atoms with Crippen molar-refractivity contribution in [2.45, 2.75) is 19.0 Å². The second kappa shape index (κ2) is 5.61. The van der Waals surface area contributed by atoms with Crippen molar-refractivity contribution in [2.24, 2.45) is 0 Å². The van der Waals surface area contributed by atoms with Crippen LogP contribution in [0.15, 0.2) is 42.7 Å². The van der Waals surface area contributed by atoms with Crippen molar-refractivity contribution in [2.75, 3.05) is 18.6 Å². The molecule has 3 rings (SSSR count). The highest BCUT2D eigenvalue weighted by Crippen LogP contribution is 2.19. The molecule has 0 spiro atoms. The average molecular weight is 305 g/mol. The summed E-state index contributed by atoms with van der Waals surface area (Å²) < 4.78 is 24.9. The highest BCUT2D eigenvalue weighted by Gasteiger charge is 2.30. The molecule has 0 radical (unpaired) electrons. The van der Waals surface area contributed by atoms with Gasteiger partial charge >= 0.3 is 0 Å². The summed E-state index contributed by atoms with van der Waals surface area (Å²) in [6.07, 6.45) is 4.40. The number of hydrogen-bond donors (Lipinski definition) is 0. The molecule has 1 aliphatic heterocycles. The molecule has 2 aromatic rings. The molecule has 1 aliphatic rings. The van der Waals surface area contributed by atoms with Gasteiger partial charge in [0, 0.05) is 25.0 Å². The standard InChI is InChI=1S/C15H19N3O2S/c1-17(15-7-10-21(19,20)12-15)11-13-3-5-14(6-4-13)18-9-2-8-16-18/h2-6,8-9,15H,7,10-12H2,1H3/t15-/m1/s1. The van der Waals surface area contributed by atoms with Crippen LogP contribution >= 0.6 is 0 Å². The van der Waals surface area contributed by atoms with Crippen molar-refractivity contribution in [1.82, 2.24) is 14.7 Å². The third-order valence-electron chi connectivity index (χ3n) is 3.97. The van der Waals surface area contributed by atoms with Gasteiger partial charge in [-0.2, -0.15) is 5.10 Å². The molecule has 5 nitrogen and oxygen atoms in total. The van der Waals surface area contributed by atoms with E-state index in [0.717, 1.165) is 18.7 Å². The van der Waals surface area contributed by atoms with Crippen LogP contribution in [0.25, 0.3) is 5.69 Å². The Bertz CT molecular complexity index is 693. The van der Waals surface area contributed by atoms with Crippen LogP contribution in [0.1, 0.15) is 12.0 Å². The van der Waals surface area contributed by atoms with Crippen LogP contribution in [-0.2, 0) is 16.4 Å². The predicted molar refractivity (Wildman–Crippen MR) is 82.1 cm³/mol. The van der Waals surface area contributed by atoms with Gasteiger partial charge in [-0.15, -0.1) is 0 Å². The van der Waals surface area contributed by atoms with Crippen molar-refractivity contribution in [3.8, 4) is 5.69 Å². The van der Waals surface area contributed by atoms with Gasteiger partial charge < -0.3 is 0 Å². The summed E-state index contributed by atoms with van der Waals surface area (Å²) in [5.74, 6) is 0.606. The molecule has 2 heterocycles. The van der Waals surface area contributed by atoms with E-state index in [1.807, 2.05) is 36.1 Å². The van der Waals surface area contributed by atoms with Crippen molar-refractivity contribution in [3.05, 3.63) is 48.3 Å². The fraction of sp³-hybridized carbons (Fsp3) is 0.400. The Morgan fingerprint density at radius 1 is 1.33 bits per heavy atom. The molecule has 0 saturated carbocycles. The first kappa shape index (κ1) is 14.3. The van der Waals surface area contributed by atoms with Gasteiger partial charge in [0.15, 0.2) is 9.84 Å². The maximum atomic E-state index is 11.5. The minimum absolute atomic E-state index is 0.140. The Hall–Kier alpha value is -1.66. The van der Waals surface area contributed by atoms with E-state index in [-0.39, 0.29) is 11.8 Å². The molecule has 1 aromatic carbocycles. The summed E-state index contributed by atoms with van der Waals surface area (Å²) in [6, 6.07) is 10.2. The van der Waals surface area contributed by atoms with Gasteiger partial charge in [-0.25, -0.2) is 13.1 Å². The summed E-state index contributed by atoms with van der Waals surface area (Å²) in [5.41, 5.74) is 2.20. The van der Waals surface area contributed by atoms with Crippen molar-refractivity contribution in [3.63, 3.8) is 0 Å². The Labute approximate surface area is 125 Å². The molecule has 1 atom stereocenters. The number of rotatable bonds is 4. The molecule has 0 aliphatic carbocycles. The Kier molecular flexibility index (Phi) is 3.82. The predicted octanol–water partition coefficient (Wildman–Crippen LogP) is 1.49. The third-order valence-corrected chi connectivity index (χ3v) is 5.72. The lowest BCUT2D eigenvalue weighted by Gasteiger charge is -2.23. The Balaban J connectivity index is 1.65. The lowest BCUT2D eigenvalue weighted by atomic mass is 10.1.